The molecule has 1 aliphatic heterocycles. The van der Waals surface area contributed by atoms with E-state index in [9.17, 15) is 0 Å². The molecule has 37 heavy (non-hydrogen) atoms. The molecule has 10 heteroatoms. The zero-order chi connectivity index (χ0) is 25.5. The molecule has 1 atom stereocenters. The quantitative estimate of drug-likeness (QED) is 0.333. The summed E-state index contributed by atoms with van der Waals surface area (Å²) in [6.07, 6.45) is 3.44. The Labute approximate surface area is 213 Å². The number of nitrogen functional groups attached to an aromatic ring is 1. The molecule has 10 nitrogen and oxygen atoms in total. The first kappa shape index (κ1) is 22.9. The molecule has 1 aliphatic rings. The van der Waals surface area contributed by atoms with Crippen LogP contribution in [0.15, 0.2) is 47.1 Å². The van der Waals surface area contributed by atoms with E-state index in [4.69, 9.17) is 20.5 Å². The zero-order valence-electron chi connectivity index (χ0n) is 20.8. The van der Waals surface area contributed by atoms with Crippen LogP contribution in [0.4, 0.5) is 17.5 Å². The van der Waals surface area contributed by atoms with Gasteiger partial charge in [0, 0.05) is 17.8 Å². The molecule has 0 spiro atoms. The average molecular weight is 494 g/mol. The minimum atomic E-state index is 0.111. The molecule has 2 aromatic carbocycles. The lowest BCUT2D eigenvalue weighted by Crippen LogP contribution is -2.37. The molecule has 5 aromatic rings. The highest BCUT2D eigenvalue weighted by atomic mass is 16.4. The molecule has 4 heterocycles. The van der Waals surface area contributed by atoms with Crippen molar-refractivity contribution in [2.75, 3.05) is 30.7 Å². The van der Waals surface area contributed by atoms with Gasteiger partial charge in [-0.2, -0.15) is 15.3 Å². The first-order chi connectivity index (χ1) is 18.0. The number of piperidine rings is 1. The fourth-order valence-electron chi connectivity index (χ4n) is 5.19. The van der Waals surface area contributed by atoms with E-state index in [0.29, 0.717) is 24.0 Å². The SMILES string of the molecule is Cc1cc(C)c2oc(Nc3ccc(-c4nn(C5CCCN(CC#N)C5)c5ncnc(N)c45)cc3)nc2c1. The number of benzene rings is 2. The van der Waals surface area contributed by atoms with Gasteiger partial charge in [-0.1, -0.05) is 18.2 Å². The predicted octanol–water partition coefficient (Wildman–Crippen LogP) is 4.74. The number of nitriles is 1. The number of hydrogen-bond acceptors (Lipinski definition) is 9. The van der Waals surface area contributed by atoms with E-state index in [1.54, 1.807) is 0 Å². The summed E-state index contributed by atoms with van der Waals surface area (Å²) in [5.74, 6) is 0.398. The maximum atomic E-state index is 9.15. The summed E-state index contributed by atoms with van der Waals surface area (Å²) < 4.78 is 7.91. The fourth-order valence-corrected chi connectivity index (χ4v) is 5.19. The number of oxazole rings is 1. The molecule has 0 aliphatic carbocycles. The monoisotopic (exact) mass is 493 g/mol. The largest absolute Gasteiger partial charge is 0.423 e. The molecule has 3 N–H and O–H groups in total. The topological polar surface area (TPSA) is 135 Å². The third-order valence-electron chi connectivity index (χ3n) is 6.87. The smallest absolute Gasteiger partial charge is 0.300 e. The van der Waals surface area contributed by atoms with Gasteiger partial charge >= 0.3 is 0 Å². The van der Waals surface area contributed by atoms with Crippen molar-refractivity contribution in [3.63, 3.8) is 0 Å². The maximum absolute atomic E-state index is 9.15. The number of nitrogens with zero attached hydrogens (tertiary/aromatic N) is 7. The van der Waals surface area contributed by atoms with Crippen molar-refractivity contribution in [3.05, 3.63) is 53.9 Å². The highest BCUT2D eigenvalue weighted by Gasteiger charge is 2.26. The molecule has 0 saturated carbocycles. The van der Waals surface area contributed by atoms with Gasteiger partial charge in [0.25, 0.3) is 6.01 Å². The van der Waals surface area contributed by atoms with Gasteiger partial charge in [-0.15, -0.1) is 0 Å². The summed E-state index contributed by atoms with van der Waals surface area (Å²) in [4.78, 5) is 15.5. The van der Waals surface area contributed by atoms with Crippen LogP contribution in [0.3, 0.4) is 0 Å². The summed E-state index contributed by atoms with van der Waals surface area (Å²) in [7, 11) is 0. The predicted molar refractivity (Wildman–Crippen MR) is 142 cm³/mol. The summed E-state index contributed by atoms with van der Waals surface area (Å²) in [6.45, 7) is 6.15. The van der Waals surface area contributed by atoms with Crippen molar-refractivity contribution in [1.29, 1.82) is 5.26 Å². The summed E-state index contributed by atoms with van der Waals surface area (Å²) >= 11 is 0. The Kier molecular flexibility index (Phi) is 5.70. The second-order valence-corrected chi connectivity index (χ2v) is 9.59. The molecule has 1 unspecified atom stereocenters. The Morgan fingerprint density at radius 1 is 1.19 bits per heavy atom. The molecular weight excluding hydrogens is 466 g/mol. The van der Waals surface area contributed by atoms with Crippen LogP contribution in [0.1, 0.15) is 30.0 Å². The van der Waals surface area contributed by atoms with Crippen molar-refractivity contribution in [2.24, 2.45) is 0 Å². The summed E-state index contributed by atoms with van der Waals surface area (Å²) in [6, 6.07) is 14.8. The van der Waals surface area contributed by atoms with E-state index in [-0.39, 0.29) is 6.04 Å². The van der Waals surface area contributed by atoms with Crippen molar-refractivity contribution in [2.45, 2.75) is 32.7 Å². The van der Waals surface area contributed by atoms with Crippen LogP contribution in [0.25, 0.3) is 33.4 Å². The lowest BCUT2D eigenvalue weighted by molar-refractivity contribution is 0.189. The van der Waals surface area contributed by atoms with Crippen LogP contribution in [-0.2, 0) is 0 Å². The van der Waals surface area contributed by atoms with E-state index in [2.05, 4.69) is 37.3 Å². The van der Waals surface area contributed by atoms with E-state index in [0.717, 1.165) is 70.5 Å². The second kappa shape index (κ2) is 9.19. The van der Waals surface area contributed by atoms with Gasteiger partial charge in [0.2, 0.25) is 0 Å². The van der Waals surface area contributed by atoms with Crippen molar-refractivity contribution < 1.29 is 4.42 Å². The van der Waals surface area contributed by atoms with Crippen molar-refractivity contribution in [3.8, 4) is 17.3 Å². The Morgan fingerprint density at radius 2 is 2.03 bits per heavy atom. The van der Waals surface area contributed by atoms with Gasteiger partial charge in [0.15, 0.2) is 11.2 Å². The molecular formula is C27H27N9O. The molecule has 0 radical (unpaired) electrons. The molecule has 0 bridgehead atoms. The van der Waals surface area contributed by atoms with E-state index < -0.39 is 0 Å². The van der Waals surface area contributed by atoms with Gasteiger partial charge in [-0.05, 0) is 62.6 Å². The van der Waals surface area contributed by atoms with E-state index in [1.165, 1.54) is 6.33 Å². The molecule has 186 valence electrons. The highest BCUT2D eigenvalue weighted by molar-refractivity contribution is 5.98. The summed E-state index contributed by atoms with van der Waals surface area (Å²) in [5, 5.41) is 18.1. The average Bonchev–Trinajstić information content (AvgIpc) is 3.47. The number of rotatable bonds is 5. The van der Waals surface area contributed by atoms with Crippen LogP contribution >= 0.6 is 0 Å². The van der Waals surface area contributed by atoms with Crippen LogP contribution in [0.5, 0.6) is 0 Å². The second-order valence-electron chi connectivity index (χ2n) is 9.59. The molecule has 1 fully saturated rings. The van der Waals surface area contributed by atoms with E-state index >= 15 is 0 Å². The van der Waals surface area contributed by atoms with Crippen molar-refractivity contribution in [1.82, 2.24) is 29.6 Å². The number of nitrogens with one attached hydrogen (secondary N) is 1. The molecule has 3 aromatic heterocycles. The minimum absolute atomic E-state index is 0.111. The van der Waals surface area contributed by atoms with Crippen molar-refractivity contribution >= 4 is 39.7 Å². The number of nitrogens with two attached hydrogens (primary N) is 1. The molecule has 6 rings (SSSR count). The minimum Gasteiger partial charge on any atom is -0.423 e. The van der Waals surface area contributed by atoms with E-state index in [1.807, 2.05) is 48.9 Å². The number of aryl methyl sites for hydroxylation is 2. The van der Waals surface area contributed by atoms with Gasteiger partial charge in [-0.3, -0.25) is 4.90 Å². The molecule has 1 saturated heterocycles. The Morgan fingerprint density at radius 3 is 2.84 bits per heavy atom. The van der Waals surface area contributed by atoms with Crippen LogP contribution in [0, 0.1) is 25.2 Å². The van der Waals surface area contributed by atoms with Gasteiger partial charge < -0.3 is 15.5 Å². The van der Waals surface area contributed by atoms with Crippen LogP contribution in [0.2, 0.25) is 0 Å². The third-order valence-corrected chi connectivity index (χ3v) is 6.87. The Hall–Kier alpha value is -4.49. The zero-order valence-corrected chi connectivity index (χ0v) is 20.8. The third kappa shape index (κ3) is 4.23. The Bertz CT molecular complexity index is 1650. The van der Waals surface area contributed by atoms with Gasteiger partial charge in [-0.25, -0.2) is 14.6 Å². The number of fused-ring (bicyclic) bond motifs is 2. The maximum Gasteiger partial charge on any atom is 0.300 e. The first-order valence-corrected chi connectivity index (χ1v) is 12.3. The highest BCUT2D eigenvalue weighted by Crippen LogP contribution is 2.34. The first-order valence-electron chi connectivity index (χ1n) is 12.3. The number of likely N-dealkylation sites (tertiary alicyclic amines) is 1. The standard InChI is InChI=1S/C27H27N9O/c1-16-12-17(2)24-21(13-16)33-27(37-24)32-19-7-5-18(6-8-19)23-22-25(29)30-15-31-26(22)36(34-23)20-4-3-10-35(14-20)11-9-28/h5-8,12-13,15,20H,3-4,10-11,14H2,1-2H3,(H,32,33)(H2,29,30,31). The molecule has 0 amide bonds. The number of anilines is 3. The lowest BCUT2D eigenvalue weighted by atomic mass is 10.1. The van der Waals surface area contributed by atoms with Crippen LogP contribution in [-0.4, -0.2) is 49.3 Å². The number of hydrogen-bond donors (Lipinski definition) is 2. The Balaban J connectivity index is 1.32. The summed E-state index contributed by atoms with van der Waals surface area (Å²) in [5.41, 5.74) is 13.3. The van der Waals surface area contributed by atoms with Crippen LogP contribution < -0.4 is 11.1 Å². The fraction of sp³-hybridized carbons (Fsp3) is 0.296. The normalized spacial score (nSPS) is 16.3. The van der Waals surface area contributed by atoms with Gasteiger partial charge in [0.1, 0.15) is 23.4 Å². The lowest BCUT2D eigenvalue weighted by Gasteiger charge is -2.31. The van der Waals surface area contributed by atoms with Gasteiger partial charge in [0.05, 0.1) is 24.0 Å². The number of aromatic nitrogens is 5.